The zero-order valence-electron chi connectivity index (χ0n) is 24.2. The molecule has 0 aliphatic carbocycles. The summed E-state index contributed by atoms with van der Waals surface area (Å²) in [4.78, 5) is 39.1. The Kier molecular flexibility index (Phi) is 7.85. The van der Waals surface area contributed by atoms with Crippen molar-refractivity contribution in [3.63, 3.8) is 0 Å². The lowest BCUT2D eigenvalue weighted by Crippen LogP contribution is -2.55. The van der Waals surface area contributed by atoms with Crippen molar-refractivity contribution in [2.24, 2.45) is 0 Å². The first-order valence-electron chi connectivity index (χ1n) is 13.7. The van der Waals surface area contributed by atoms with Crippen molar-refractivity contribution < 1.29 is 19.0 Å². The highest BCUT2D eigenvalue weighted by Gasteiger charge is 2.32. The number of benzene rings is 2. The third-order valence-corrected chi connectivity index (χ3v) is 7.41. The van der Waals surface area contributed by atoms with Gasteiger partial charge in [0.25, 0.3) is 0 Å². The van der Waals surface area contributed by atoms with E-state index >= 15 is 0 Å². The average molecular weight is 594 g/mol. The minimum Gasteiger partial charge on any atom is -0.507 e. The first-order valence-corrected chi connectivity index (χ1v) is 14.1. The van der Waals surface area contributed by atoms with Gasteiger partial charge in [-0.05, 0) is 58.4 Å². The Morgan fingerprint density at radius 1 is 1.14 bits per heavy atom. The van der Waals surface area contributed by atoms with Crippen LogP contribution in [0.25, 0.3) is 22.3 Å². The molecule has 1 N–H and O–H groups in total. The van der Waals surface area contributed by atoms with E-state index in [2.05, 4.69) is 9.97 Å². The molecule has 0 saturated carbocycles. The summed E-state index contributed by atoms with van der Waals surface area (Å²) in [5, 5.41) is 11.1. The minimum absolute atomic E-state index is 0.0109. The second-order valence-electron chi connectivity index (χ2n) is 11.6. The molecule has 1 saturated heterocycles. The Labute approximate surface area is 248 Å². The second kappa shape index (κ2) is 11.2. The van der Waals surface area contributed by atoms with Crippen molar-refractivity contribution in [1.29, 1.82) is 0 Å². The highest BCUT2D eigenvalue weighted by molar-refractivity contribution is 6.34. The summed E-state index contributed by atoms with van der Waals surface area (Å²) < 4.78 is 21.9. The second-order valence-corrected chi connectivity index (χ2v) is 12.0. The monoisotopic (exact) mass is 593 g/mol. The van der Waals surface area contributed by atoms with Crippen LogP contribution in [-0.2, 0) is 11.3 Å². The van der Waals surface area contributed by atoms with Gasteiger partial charge in [-0.1, -0.05) is 47.5 Å². The maximum atomic E-state index is 14.9. The number of fused-ring (bicyclic) bond motifs is 1. The number of aryl methyl sites for hydroxylation is 1. The summed E-state index contributed by atoms with van der Waals surface area (Å²) in [6.07, 6.45) is -0.403. The number of phenolic OH excluding ortho intramolecular Hbond substituents is 1. The molecule has 2 aromatic carbocycles. The van der Waals surface area contributed by atoms with Gasteiger partial charge in [-0.3, -0.25) is 4.57 Å². The molecule has 1 atom stereocenters. The van der Waals surface area contributed by atoms with Crippen LogP contribution in [-0.4, -0.2) is 61.9 Å². The van der Waals surface area contributed by atoms with Gasteiger partial charge in [-0.25, -0.2) is 19.0 Å². The molecule has 1 aliphatic rings. The number of hydrogen-bond acceptors (Lipinski definition) is 7. The third kappa shape index (κ3) is 5.90. The SMILES string of the molecule is Cc1ccc(Cn2c(=O)nc(N3CCN(C(=O)OC(C)(C)C)C[C@@H]3C)c3cc(Cl)c(-c4c(O)cccc4F)nc32)cc1. The fourth-order valence-electron chi connectivity index (χ4n) is 5.08. The molecule has 42 heavy (non-hydrogen) atoms. The van der Waals surface area contributed by atoms with Crippen LogP contribution in [0.3, 0.4) is 0 Å². The van der Waals surface area contributed by atoms with Crippen molar-refractivity contribution >= 4 is 34.5 Å². The Balaban J connectivity index is 1.63. The molecule has 4 aromatic rings. The molecular formula is C31H33ClFN5O4. The molecule has 11 heteroatoms. The fourth-order valence-corrected chi connectivity index (χ4v) is 5.32. The summed E-state index contributed by atoms with van der Waals surface area (Å²) in [5.74, 6) is -0.653. The van der Waals surface area contributed by atoms with Crippen molar-refractivity contribution in [3.05, 3.63) is 81.0 Å². The van der Waals surface area contributed by atoms with E-state index in [0.717, 1.165) is 11.1 Å². The van der Waals surface area contributed by atoms with Crippen molar-refractivity contribution in [2.45, 2.75) is 52.8 Å². The van der Waals surface area contributed by atoms with E-state index in [1.807, 2.05) is 63.8 Å². The van der Waals surface area contributed by atoms with Gasteiger partial charge >= 0.3 is 11.8 Å². The van der Waals surface area contributed by atoms with Crippen LogP contribution in [0.15, 0.2) is 53.3 Å². The molecule has 1 aliphatic heterocycles. The van der Waals surface area contributed by atoms with Gasteiger partial charge in [-0.15, -0.1) is 0 Å². The van der Waals surface area contributed by atoms with Gasteiger partial charge < -0.3 is 19.6 Å². The van der Waals surface area contributed by atoms with Crippen LogP contribution in [0, 0.1) is 12.7 Å². The predicted molar refractivity (Wildman–Crippen MR) is 161 cm³/mol. The molecule has 3 heterocycles. The molecule has 0 bridgehead atoms. The topological polar surface area (TPSA) is 101 Å². The number of phenols is 1. The lowest BCUT2D eigenvalue weighted by atomic mass is 10.1. The van der Waals surface area contributed by atoms with E-state index in [9.17, 15) is 19.1 Å². The molecule has 9 nitrogen and oxygen atoms in total. The lowest BCUT2D eigenvalue weighted by molar-refractivity contribution is 0.0218. The van der Waals surface area contributed by atoms with E-state index in [4.69, 9.17) is 16.3 Å². The van der Waals surface area contributed by atoms with Gasteiger partial charge in [0.2, 0.25) is 0 Å². The number of hydrogen-bond donors (Lipinski definition) is 1. The largest absolute Gasteiger partial charge is 0.507 e. The third-order valence-electron chi connectivity index (χ3n) is 7.13. The van der Waals surface area contributed by atoms with Crippen LogP contribution < -0.4 is 10.6 Å². The standard InChI is InChI=1S/C31H33ClFN5O4/c1-18-9-11-20(12-10-18)17-38-27-21(15-22(32)26(34-27)25-23(33)7-6-8-24(25)39)28(35-29(38)40)37-14-13-36(16-19(37)2)30(41)42-31(3,4)5/h6-12,15,19,39H,13-14,16-17H2,1-5H3/t19-/m0/s1. The number of piperazine rings is 1. The van der Waals surface area contributed by atoms with Crippen LogP contribution in [0.2, 0.25) is 5.02 Å². The van der Waals surface area contributed by atoms with Gasteiger partial charge in [0.15, 0.2) is 0 Å². The Morgan fingerprint density at radius 3 is 2.50 bits per heavy atom. The average Bonchev–Trinajstić information content (AvgIpc) is 2.91. The smallest absolute Gasteiger partial charge is 0.410 e. The summed E-state index contributed by atoms with van der Waals surface area (Å²) in [6.45, 7) is 10.6. The van der Waals surface area contributed by atoms with E-state index in [1.54, 1.807) is 11.0 Å². The summed E-state index contributed by atoms with van der Waals surface area (Å²) in [7, 11) is 0. The molecule has 2 aromatic heterocycles. The number of rotatable bonds is 4. The number of nitrogens with zero attached hydrogens (tertiary/aromatic N) is 5. The molecule has 220 valence electrons. The molecule has 1 fully saturated rings. The van der Waals surface area contributed by atoms with Crippen molar-refractivity contribution in [1.82, 2.24) is 19.4 Å². The Hall–Kier alpha value is -4.18. The molecule has 0 radical (unpaired) electrons. The quantitative estimate of drug-likeness (QED) is 0.321. The number of carbonyl (C=O) groups is 1. The minimum atomic E-state index is -0.697. The maximum absolute atomic E-state index is 14.9. The van der Waals surface area contributed by atoms with Crippen LogP contribution in [0.5, 0.6) is 5.75 Å². The zero-order valence-corrected chi connectivity index (χ0v) is 24.9. The fraction of sp³-hybridized carbons (Fsp3) is 0.355. The Bertz CT molecular complexity index is 1700. The van der Waals surface area contributed by atoms with E-state index in [-0.39, 0.29) is 40.3 Å². The molecule has 0 unspecified atom stereocenters. The van der Waals surface area contributed by atoms with Crippen LogP contribution in [0.4, 0.5) is 15.0 Å². The lowest BCUT2D eigenvalue weighted by Gasteiger charge is -2.41. The number of halogens is 2. The number of pyridine rings is 1. The number of aromatic nitrogens is 3. The summed E-state index contributed by atoms with van der Waals surface area (Å²) in [5.41, 5.74) is 0.862. The molecular weight excluding hydrogens is 561 g/mol. The van der Waals surface area contributed by atoms with Crippen molar-refractivity contribution in [3.8, 4) is 17.0 Å². The van der Waals surface area contributed by atoms with Gasteiger partial charge in [0, 0.05) is 25.7 Å². The number of carbonyl (C=O) groups excluding carboxylic acids is 1. The number of aromatic hydroxyl groups is 1. The number of amides is 1. The van der Waals surface area contributed by atoms with E-state index < -0.39 is 23.2 Å². The number of ether oxygens (including phenoxy) is 1. The van der Waals surface area contributed by atoms with Gasteiger partial charge in [0.05, 0.1) is 28.2 Å². The highest BCUT2D eigenvalue weighted by Crippen LogP contribution is 2.38. The molecule has 1 amide bonds. The first kappa shape index (κ1) is 29.3. The Morgan fingerprint density at radius 2 is 1.86 bits per heavy atom. The van der Waals surface area contributed by atoms with Crippen LogP contribution >= 0.6 is 11.6 Å². The van der Waals surface area contributed by atoms with Crippen LogP contribution in [0.1, 0.15) is 38.8 Å². The highest BCUT2D eigenvalue weighted by atomic mass is 35.5. The summed E-state index contributed by atoms with van der Waals surface area (Å²) in [6, 6.07) is 13.1. The van der Waals surface area contributed by atoms with Gasteiger partial charge in [-0.2, -0.15) is 4.98 Å². The molecule has 5 rings (SSSR count). The normalized spacial score (nSPS) is 15.7. The predicted octanol–water partition coefficient (Wildman–Crippen LogP) is 5.76. The molecule has 0 spiro atoms. The maximum Gasteiger partial charge on any atom is 0.410 e. The summed E-state index contributed by atoms with van der Waals surface area (Å²) >= 11 is 6.68. The van der Waals surface area contributed by atoms with E-state index in [1.165, 1.54) is 22.8 Å². The number of anilines is 1. The first-order chi connectivity index (χ1) is 19.8. The zero-order chi connectivity index (χ0) is 30.3. The van der Waals surface area contributed by atoms with E-state index in [0.29, 0.717) is 30.8 Å². The van der Waals surface area contributed by atoms with Gasteiger partial charge in [0.1, 0.15) is 28.6 Å². The van der Waals surface area contributed by atoms with Crippen molar-refractivity contribution in [2.75, 3.05) is 24.5 Å².